The van der Waals surface area contributed by atoms with Crippen LogP contribution in [-0.4, -0.2) is 27.8 Å². The maximum absolute atomic E-state index is 13.0. The summed E-state index contributed by atoms with van der Waals surface area (Å²) in [4.78, 5) is 0. The number of halogens is 1. The number of ether oxygens (including phenoxy) is 2. The number of methoxy groups -OCH3 is 2. The van der Waals surface area contributed by atoms with Crippen LogP contribution in [0.2, 0.25) is 0 Å². The number of nitrogens with zero attached hydrogens (tertiary/aromatic N) is 1. The minimum Gasteiger partial charge on any atom is -0.493 e. The van der Waals surface area contributed by atoms with Gasteiger partial charge in [0.1, 0.15) is 5.82 Å². The largest absolute Gasteiger partial charge is 0.493 e. The molecule has 3 rings (SSSR count). The highest BCUT2D eigenvalue weighted by atomic mass is 32.2. The summed E-state index contributed by atoms with van der Waals surface area (Å²) >= 11 is 0. The number of sulfonamides is 1. The van der Waals surface area contributed by atoms with Gasteiger partial charge in [0, 0.05) is 0 Å². The van der Waals surface area contributed by atoms with E-state index in [0.29, 0.717) is 28.2 Å². The highest BCUT2D eigenvalue weighted by Gasteiger charge is 2.19. The SMILES string of the molecule is COc1ccc(-c2cnoc2NS(=O)(=O)Cc2ccc(F)cc2)cc1OC. The van der Waals surface area contributed by atoms with E-state index in [0.717, 1.165) is 0 Å². The zero-order valence-corrected chi connectivity index (χ0v) is 15.4. The Bertz CT molecular complexity index is 1030. The van der Waals surface area contributed by atoms with Gasteiger partial charge in [0.05, 0.1) is 31.7 Å². The molecule has 7 nitrogen and oxygen atoms in total. The van der Waals surface area contributed by atoms with Crippen molar-refractivity contribution in [2.24, 2.45) is 0 Å². The van der Waals surface area contributed by atoms with Gasteiger partial charge in [0.15, 0.2) is 11.5 Å². The maximum Gasteiger partial charge on any atom is 0.245 e. The first-order valence-electron chi connectivity index (χ1n) is 7.84. The number of hydrogen-bond donors (Lipinski definition) is 1. The van der Waals surface area contributed by atoms with E-state index >= 15 is 0 Å². The van der Waals surface area contributed by atoms with Crippen molar-refractivity contribution in [3.8, 4) is 22.6 Å². The van der Waals surface area contributed by atoms with E-state index in [1.54, 1.807) is 18.2 Å². The quantitative estimate of drug-likeness (QED) is 0.662. The predicted molar refractivity (Wildman–Crippen MR) is 97.7 cm³/mol. The van der Waals surface area contributed by atoms with Crippen LogP contribution in [0.15, 0.2) is 53.2 Å². The smallest absolute Gasteiger partial charge is 0.245 e. The van der Waals surface area contributed by atoms with Gasteiger partial charge in [0.2, 0.25) is 15.9 Å². The van der Waals surface area contributed by atoms with Crippen molar-refractivity contribution in [2.45, 2.75) is 5.75 Å². The van der Waals surface area contributed by atoms with Crippen molar-refractivity contribution in [3.63, 3.8) is 0 Å². The van der Waals surface area contributed by atoms with Crippen LogP contribution in [0.4, 0.5) is 10.3 Å². The molecule has 0 bridgehead atoms. The van der Waals surface area contributed by atoms with Crippen LogP contribution in [0.5, 0.6) is 11.5 Å². The molecule has 0 unspecified atom stereocenters. The Balaban J connectivity index is 1.85. The first-order chi connectivity index (χ1) is 12.9. The number of hydrogen-bond acceptors (Lipinski definition) is 6. The minimum absolute atomic E-state index is 0.0238. The van der Waals surface area contributed by atoms with Gasteiger partial charge in [-0.25, -0.2) is 12.8 Å². The molecule has 0 fully saturated rings. The van der Waals surface area contributed by atoms with Gasteiger partial charge in [-0.05, 0) is 35.4 Å². The number of nitrogens with one attached hydrogen (secondary N) is 1. The van der Waals surface area contributed by atoms with Gasteiger partial charge in [-0.2, -0.15) is 0 Å². The third-order valence-corrected chi connectivity index (χ3v) is 4.99. The molecule has 9 heteroatoms. The van der Waals surface area contributed by atoms with E-state index in [1.165, 1.54) is 44.7 Å². The van der Waals surface area contributed by atoms with Gasteiger partial charge >= 0.3 is 0 Å². The van der Waals surface area contributed by atoms with Crippen molar-refractivity contribution in [1.82, 2.24) is 5.16 Å². The van der Waals surface area contributed by atoms with Crippen LogP contribution in [0, 0.1) is 5.82 Å². The molecule has 0 aliphatic carbocycles. The molecule has 0 aliphatic heterocycles. The lowest BCUT2D eigenvalue weighted by Crippen LogP contribution is -2.15. The second-order valence-electron chi connectivity index (χ2n) is 5.63. The Kier molecular flexibility index (Phi) is 5.31. The molecule has 142 valence electrons. The summed E-state index contributed by atoms with van der Waals surface area (Å²) in [5.74, 6) is 0.228. The van der Waals surface area contributed by atoms with E-state index < -0.39 is 15.8 Å². The number of benzene rings is 2. The fourth-order valence-electron chi connectivity index (χ4n) is 2.50. The molecule has 0 atom stereocenters. The molecule has 2 aromatic carbocycles. The summed E-state index contributed by atoms with van der Waals surface area (Å²) in [7, 11) is -0.770. The van der Waals surface area contributed by atoms with Gasteiger partial charge < -0.3 is 14.0 Å². The molecule has 0 saturated heterocycles. The molecule has 1 aromatic heterocycles. The minimum atomic E-state index is -3.79. The third kappa shape index (κ3) is 4.37. The van der Waals surface area contributed by atoms with Gasteiger partial charge in [0.25, 0.3) is 0 Å². The highest BCUT2D eigenvalue weighted by Crippen LogP contribution is 2.35. The van der Waals surface area contributed by atoms with Crippen molar-refractivity contribution in [3.05, 3.63) is 60.0 Å². The fraction of sp³-hybridized carbons (Fsp3) is 0.167. The van der Waals surface area contributed by atoms with Crippen molar-refractivity contribution >= 4 is 15.9 Å². The molecular formula is C18H17FN2O5S. The summed E-state index contributed by atoms with van der Waals surface area (Å²) in [5.41, 5.74) is 1.52. The molecular weight excluding hydrogens is 375 g/mol. The number of aromatic nitrogens is 1. The Labute approximate surface area is 155 Å². The highest BCUT2D eigenvalue weighted by molar-refractivity contribution is 7.91. The molecule has 1 heterocycles. The third-order valence-electron chi connectivity index (χ3n) is 3.78. The monoisotopic (exact) mass is 392 g/mol. The van der Waals surface area contributed by atoms with E-state index in [-0.39, 0.29) is 11.6 Å². The Morgan fingerprint density at radius 3 is 2.44 bits per heavy atom. The van der Waals surface area contributed by atoms with Gasteiger partial charge in [-0.1, -0.05) is 23.4 Å². The molecule has 0 radical (unpaired) electrons. The average Bonchev–Trinajstić information content (AvgIpc) is 3.10. The zero-order valence-electron chi connectivity index (χ0n) is 14.6. The van der Waals surface area contributed by atoms with Crippen LogP contribution in [0.25, 0.3) is 11.1 Å². The molecule has 0 aliphatic rings. The van der Waals surface area contributed by atoms with Crippen LogP contribution >= 0.6 is 0 Å². The number of anilines is 1. The first kappa shape index (κ1) is 18.7. The van der Waals surface area contributed by atoms with Crippen molar-refractivity contribution in [2.75, 3.05) is 18.9 Å². The second kappa shape index (κ2) is 7.67. The van der Waals surface area contributed by atoms with Crippen LogP contribution < -0.4 is 14.2 Å². The summed E-state index contributed by atoms with van der Waals surface area (Å²) in [6.45, 7) is 0. The predicted octanol–water partition coefficient (Wildman–Crippen LogP) is 3.44. The van der Waals surface area contributed by atoms with E-state index in [4.69, 9.17) is 14.0 Å². The Morgan fingerprint density at radius 1 is 1.07 bits per heavy atom. The van der Waals surface area contributed by atoms with Crippen LogP contribution in [0.3, 0.4) is 0 Å². The fourth-order valence-corrected chi connectivity index (χ4v) is 3.63. The van der Waals surface area contributed by atoms with Gasteiger partial charge in [-0.3, -0.25) is 4.72 Å². The standard InChI is InChI=1S/C18H17FN2O5S/c1-24-16-8-5-13(9-17(16)25-2)15-10-20-26-18(15)21-27(22,23)11-12-3-6-14(19)7-4-12/h3-10,21H,11H2,1-2H3. The maximum atomic E-state index is 13.0. The summed E-state index contributed by atoms with van der Waals surface area (Å²) in [6, 6.07) is 10.3. The molecule has 0 saturated carbocycles. The van der Waals surface area contributed by atoms with Crippen LogP contribution in [0.1, 0.15) is 5.56 Å². The molecule has 0 spiro atoms. The summed E-state index contributed by atoms with van der Waals surface area (Å²) in [5, 5.41) is 3.68. The molecule has 27 heavy (non-hydrogen) atoms. The zero-order chi connectivity index (χ0) is 19.4. The van der Waals surface area contributed by atoms with E-state index in [2.05, 4.69) is 9.88 Å². The topological polar surface area (TPSA) is 90.7 Å². The Morgan fingerprint density at radius 2 is 1.78 bits per heavy atom. The van der Waals surface area contributed by atoms with Crippen molar-refractivity contribution < 1.29 is 26.8 Å². The molecule has 1 N–H and O–H groups in total. The lowest BCUT2D eigenvalue weighted by Gasteiger charge is -2.10. The lowest BCUT2D eigenvalue weighted by molar-refractivity contribution is 0.355. The van der Waals surface area contributed by atoms with Crippen LogP contribution in [-0.2, 0) is 15.8 Å². The number of rotatable bonds is 7. The van der Waals surface area contributed by atoms with E-state index in [1.807, 2.05) is 0 Å². The molecule has 0 amide bonds. The average molecular weight is 392 g/mol. The summed E-state index contributed by atoms with van der Waals surface area (Å²) in [6.07, 6.45) is 1.40. The Hall–Kier alpha value is -3.07. The lowest BCUT2D eigenvalue weighted by atomic mass is 10.1. The second-order valence-corrected chi connectivity index (χ2v) is 7.35. The summed E-state index contributed by atoms with van der Waals surface area (Å²) < 4.78 is 55.7. The van der Waals surface area contributed by atoms with E-state index in [9.17, 15) is 12.8 Å². The normalized spacial score (nSPS) is 11.2. The molecule has 3 aromatic rings. The van der Waals surface area contributed by atoms with Gasteiger partial charge in [-0.15, -0.1) is 0 Å². The van der Waals surface area contributed by atoms with Crippen molar-refractivity contribution in [1.29, 1.82) is 0 Å². The first-order valence-corrected chi connectivity index (χ1v) is 9.49.